The number of urea groups is 1. The quantitative estimate of drug-likeness (QED) is 0.836. The standard InChI is InChI=1S/C17H16Cl2FN3O/c18-14-5-2-6-15(16(14)19)22-17(24)21-12-7-8-23(10-12)13-4-1-3-11(20)9-13/h1-6,9,12H,7-8,10H2,(H2,21,22,24)/t12-/m1/s1. The molecule has 0 unspecified atom stereocenters. The molecule has 1 aliphatic rings. The van der Waals surface area contributed by atoms with E-state index in [2.05, 4.69) is 10.6 Å². The van der Waals surface area contributed by atoms with Gasteiger partial charge in [-0.05, 0) is 36.8 Å². The number of hydrogen-bond acceptors (Lipinski definition) is 2. The van der Waals surface area contributed by atoms with Crippen molar-refractivity contribution in [2.75, 3.05) is 23.3 Å². The lowest BCUT2D eigenvalue weighted by Crippen LogP contribution is -2.39. The first kappa shape index (κ1) is 16.9. The van der Waals surface area contributed by atoms with Crippen LogP contribution in [0.2, 0.25) is 10.0 Å². The summed E-state index contributed by atoms with van der Waals surface area (Å²) in [4.78, 5) is 14.2. The minimum absolute atomic E-state index is 0.0220. The predicted octanol–water partition coefficient (Wildman–Crippen LogP) is 4.53. The first-order valence-corrected chi connectivity index (χ1v) is 8.30. The lowest BCUT2D eigenvalue weighted by molar-refractivity contribution is 0.249. The molecule has 2 amide bonds. The SMILES string of the molecule is O=C(Nc1cccc(Cl)c1Cl)N[C@@H]1CCN(c2cccc(F)c2)C1. The summed E-state index contributed by atoms with van der Waals surface area (Å²) in [5, 5.41) is 6.29. The van der Waals surface area contributed by atoms with E-state index in [0.29, 0.717) is 22.3 Å². The summed E-state index contributed by atoms with van der Waals surface area (Å²) in [7, 11) is 0. The summed E-state index contributed by atoms with van der Waals surface area (Å²) in [5.41, 5.74) is 1.28. The van der Waals surface area contributed by atoms with E-state index in [1.165, 1.54) is 12.1 Å². The molecule has 24 heavy (non-hydrogen) atoms. The Bertz CT molecular complexity index is 756. The molecule has 0 bridgehead atoms. The van der Waals surface area contributed by atoms with Crippen LogP contribution in [0.25, 0.3) is 0 Å². The second kappa shape index (κ2) is 7.28. The molecule has 1 heterocycles. The minimum Gasteiger partial charge on any atom is -0.369 e. The van der Waals surface area contributed by atoms with Crippen molar-refractivity contribution < 1.29 is 9.18 Å². The Morgan fingerprint density at radius 2 is 2.00 bits per heavy atom. The molecule has 1 fully saturated rings. The maximum atomic E-state index is 13.3. The fourth-order valence-corrected chi connectivity index (χ4v) is 3.08. The summed E-state index contributed by atoms with van der Waals surface area (Å²) >= 11 is 12.0. The highest BCUT2D eigenvalue weighted by Gasteiger charge is 2.24. The molecule has 2 aromatic carbocycles. The Kier molecular flexibility index (Phi) is 5.11. The zero-order chi connectivity index (χ0) is 17.1. The van der Waals surface area contributed by atoms with E-state index in [0.717, 1.165) is 18.7 Å². The number of nitrogens with zero attached hydrogens (tertiary/aromatic N) is 1. The highest BCUT2D eigenvalue weighted by atomic mass is 35.5. The molecule has 0 saturated carbocycles. The van der Waals surface area contributed by atoms with E-state index >= 15 is 0 Å². The molecule has 0 spiro atoms. The molecule has 4 nitrogen and oxygen atoms in total. The van der Waals surface area contributed by atoms with Crippen LogP contribution >= 0.6 is 23.2 Å². The van der Waals surface area contributed by atoms with Gasteiger partial charge in [-0.25, -0.2) is 9.18 Å². The number of anilines is 2. The Morgan fingerprint density at radius 1 is 1.21 bits per heavy atom. The zero-order valence-electron chi connectivity index (χ0n) is 12.7. The van der Waals surface area contributed by atoms with Crippen molar-refractivity contribution in [3.8, 4) is 0 Å². The highest BCUT2D eigenvalue weighted by Crippen LogP contribution is 2.29. The van der Waals surface area contributed by atoms with E-state index in [-0.39, 0.29) is 17.9 Å². The summed E-state index contributed by atoms with van der Waals surface area (Å²) in [6.45, 7) is 1.38. The number of nitrogens with one attached hydrogen (secondary N) is 2. The van der Waals surface area contributed by atoms with Gasteiger partial charge in [-0.2, -0.15) is 0 Å². The van der Waals surface area contributed by atoms with Gasteiger partial charge in [0.25, 0.3) is 0 Å². The largest absolute Gasteiger partial charge is 0.369 e. The maximum absolute atomic E-state index is 13.3. The number of hydrogen-bond donors (Lipinski definition) is 2. The Balaban J connectivity index is 1.57. The van der Waals surface area contributed by atoms with Crippen molar-refractivity contribution in [2.45, 2.75) is 12.5 Å². The van der Waals surface area contributed by atoms with E-state index in [4.69, 9.17) is 23.2 Å². The van der Waals surface area contributed by atoms with Crippen LogP contribution in [0, 0.1) is 5.82 Å². The van der Waals surface area contributed by atoms with Crippen LogP contribution in [0.3, 0.4) is 0 Å². The molecule has 1 atom stereocenters. The Hall–Kier alpha value is -1.98. The maximum Gasteiger partial charge on any atom is 0.319 e. The average Bonchev–Trinajstić information content (AvgIpc) is 3.00. The van der Waals surface area contributed by atoms with Crippen LogP contribution in [0.15, 0.2) is 42.5 Å². The van der Waals surface area contributed by atoms with Crippen LogP contribution in [-0.4, -0.2) is 25.2 Å². The van der Waals surface area contributed by atoms with Gasteiger partial charge in [0.1, 0.15) is 5.82 Å². The topological polar surface area (TPSA) is 44.4 Å². The smallest absolute Gasteiger partial charge is 0.319 e. The van der Waals surface area contributed by atoms with Gasteiger partial charge in [-0.3, -0.25) is 0 Å². The zero-order valence-corrected chi connectivity index (χ0v) is 14.2. The van der Waals surface area contributed by atoms with Gasteiger partial charge in [-0.15, -0.1) is 0 Å². The van der Waals surface area contributed by atoms with Gasteiger partial charge in [0.2, 0.25) is 0 Å². The third-order valence-corrected chi connectivity index (χ3v) is 4.72. The first-order chi connectivity index (χ1) is 11.5. The summed E-state index contributed by atoms with van der Waals surface area (Å²) < 4.78 is 13.3. The van der Waals surface area contributed by atoms with Gasteiger partial charge >= 0.3 is 6.03 Å². The molecule has 2 N–H and O–H groups in total. The van der Waals surface area contributed by atoms with Crippen molar-refractivity contribution >= 4 is 40.6 Å². The third-order valence-electron chi connectivity index (χ3n) is 3.90. The number of halogens is 3. The fourth-order valence-electron chi connectivity index (χ4n) is 2.73. The number of benzene rings is 2. The van der Waals surface area contributed by atoms with Crippen LogP contribution in [0.4, 0.5) is 20.6 Å². The number of carbonyl (C=O) groups excluding carboxylic acids is 1. The Morgan fingerprint density at radius 3 is 2.79 bits per heavy atom. The lowest BCUT2D eigenvalue weighted by atomic mass is 10.2. The molecule has 1 saturated heterocycles. The minimum atomic E-state index is -0.342. The molecule has 126 valence electrons. The first-order valence-electron chi connectivity index (χ1n) is 7.55. The molecule has 7 heteroatoms. The number of rotatable bonds is 3. The molecule has 0 aromatic heterocycles. The van der Waals surface area contributed by atoms with Crippen molar-refractivity contribution in [1.82, 2.24) is 5.32 Å². The summed E-state index contributed by atoms with van der Waals surface area (Å²) in [6, 6.07) is 11.1. The van der Waals surface area contributed by atoms with Crippen molar-refractivity contribution in [1.29, 1.82) is 0 Å². The average molecular weight is 368 g/mol. The van der Waals surface area contributed by atoms with E-state index in [1.54, 1.807) is 24.3 Å². The molecule has 2 aromatic rings. The van der Waals surface area contributed by atoms with Crippen molar-refractivity contribution in [3.05, 3.63) is 58.3 Å². The molecular formula is C17H16Cl2FN3O. The van der Waals surface area contributed by atoms with Crippen molar-refractivity contribution in [2.24, 2.45) is 0 Å². The predicted molar refractivity (Wildman–Crippen MR) is 95.6 cm³/mol. The fraction of sp³-hybridized carbons (Fsp3) is 0.235. The lowest BCUT2D eigenvalue weighted by Gasteiger charge is -2.19. The monoisotopic (exact) mass is 367 g/mol. The van der Waals surface area contributed by atoms with Crippen LogP contribution < -0.4 is 15.5 Å². The third kappa shape index (κ3) is 3.91. The van der Waals surface area contributed by atoms with Gasteiger partial charge in [0, 0.05) is 24.8 Å². The van der Waals surface area contributed by atoms with Crippen LogP contribution in [0.5, 0.6) is 0 Å². The van der Waals surface area contributed by atoms with Gasteiger partial charge in [0.15, 0.2) is 0 Å². The van der Waals surface area contributed by atoms with Gasteiger partial charge in [0.05, 0.1) is 15.7 Å². The second-order valence-electron chi connectivity index (χ2n) is 5.61. The normalized spacial score (nSPS) is 17.0. The molecule has 1 aliphatic heterocycles. The van der Waals surface area contributed by atoms with Gasteiger partial charge in [-0.1, -0.05) is 35.3 Å². The second-order valence-corrected chi connectivity index (χ2v) is 6.40. The molecular weight excluding hydrogens is 352 g/mol. The summed E-state index contributed by atoms with van der Waals surface area (Å²) in [6.07, 6.45) is 0.785. The summed E-state index contributed by atoms with van der Waals surface area (Å²) in [5.74, 6) is -0.266. The van der Waals surface area contributed by atoms with E-state index in [9.17, 15) is 9.18 Å². The van der Waals surface area contributed by atoms with Crippen LogP contribution in [-0.2, 0) is 0 Å². The van der Waals surface area contributed by atoms with Crippen molar-refractivity contribution in [3.63, 3.8) is 0 Å². The number of carbonyl (C=O) groups is 1. The number of amides is 2. The molecule has 3 rings (SSSR count). The molecule has 0 radical (unpaired) electrons. The van der Waals surface area contributed by atoms with Gasteiger partial charge < -0.3 is 15.5 Å². The Labute approximate surface area is 149 Å². The molecule has 0 aliphatic carbocycles. The van der Waals surface area contributed by atoms with E-state index in [1.807, 2.05) is 11.0 Å². The highest BCUT2D eigenvalue weighted by molar-refractivity contribution is 6.43. The van der Waals surface area contributed by atoms with Crippen LogP contribution in [0.1, 0.15) is 6.42 Å². The van der Waals surface area contributed by atoms with E-state index < -0.39 is 0 Å².